The third-order valence-electron chi connectivity index (χ3n) is 3.38. The van der Waals surface area contributed by atoms with E-state index in [0.29, 0.717) is 6.54 Å². The molecule has 0 radical (unpaired) electrons. The van der Waals surface area contributed by atoms with Crippen LogP contribution in [0.15, 0.2) is 53.4 Å². The van der Waals surface area contributed by atoms with Crippen LogP contribution in [0.25, 0.3) is 0 Å². The first-order valence-corrected chi connectivity index (χ1v) is 8.37. The van der Waals surface area contributed by atoms with E-state index in [4.69, 9.17) is 0 Å². The maximum Gasteiger partial charge on any atom is 0.233 e. The third-order valence-corrected chi connectivity index (χ3v) is 4.42. The van der Waals surface area contributed by atoms with Gasteiger partial charge in [-0.3, -0.25) is 4.79 Å². The highest BCUT2D eigenvalue weighted by atomic mass is 32.2. The molecular formula is C18H19F2NOS. The number of carbonyl (C=O) groups is 1. The highest BCUT2D eigenvalue weighted by molar-refractivity contribution is 8.00. The van der Waals surface area contributed by atoms with Gasteiger partial charge >= 0.3 is 0 Å². The van der Waals surface area contributed by atoms with Gasteiger partial charge in [0.25, 0.3) is 0 Å². The Morgan fingerprint density at radius 3 is 2.43 bits per heavy atom. The minimum atomic E-state index is -0.637. The first-order valence-electron chi connectivity index (χ1n) is 7.38. The zero-order chi connectivity index (χ0) is 16.8. The van der Waals surface area contributed by atoms with E-state index in [1.54, 1.807) is 4.90 Å². The van der Waals surface area contributed by atoms with Crippen molar-refractivity contribution in [2.45, 2.75) is 31.3 Å². The Morgan fingerprint density at radius 1 is 1.13 bits per heavy atom. The van der Waals surface area contributed by atoms with Crippen molar-refractivity contribution < 1.29 is 13.6 Å². The average Bonchev–Trinajstić information content (AvgIpc) is 2.52. The molecule has 0 atom stereocenters. The molecule has 0 saturated heterocycles. The number of carbonyl (C=O) groups excluding carboxylic acids is 1. The molecule has 2 aromatic rings. The van der Waals surface area contributed by atoms with Gasteiger partial charge in [0, 0.05) is 23.5 Å². The van der Waals surface area contributed by atoms with Crippen molar-refractivity contribution in [2.24, 2.45) is 0 Å². The summed E-state index contributed by atoms with van der Waals surface area (Å²) in [6.45, 7) is 4.41. The van der Waals surface area contributed by atoms with Crippen molar-refractivity contribution in [1.29, 1.82) is 0 Å². The fourth-order valence-corrected chi connectivity index (χ4v) is 2.96. The molecule has 0 bridgehead atoms. The molecule has 0 fully saturated rings. The normalized spacial score (nSPS) is 10.8. The van der Waals surface area contributed by atoms with Crippen molar-refractivity contribution in [3.05, 3.63) is 65.7 Å². The third kappa shape index (κ3) is 5.06. The molecule has 0 aliphatic rings. The summed E-state index contributed by atoms with van der Waals surface area (Å²) in [5.74, 6) is -1.21. The Bertz CT molecular complexity index is 661. The fraction of sp³-hybridized carbons (Fsp3) is 0.278. The highest BCUT2D eigenvalue weighted by Crippen LogP contribution is 2.23. The molecule has 0 heterocycles. The van der Waals surface area contributed by atoms with Crippen molar-refractivity contribution in [3.63, 3.8) is 0 Å². The van der Waals surface area contributed by atoms with Gasteiger partial charge in [-0.25, -0.2) is 8.78 Å². The summed E-state index contributed by atoms with van der Waals surface area (Å²) in [6.07, 6.45) is 0. The predicted octanol–water partition coefficient (Wildman–Crippen LogP) is 4.49. The van der Waals surface area contributed by atoms with E-state index >= 15 is 0 Å². The lowest BCUT2D eigenvalue weighted by Crippen LogP contribution is -2.37. The van der Waals surface area contributed by atoms with E-state index in [-0.39, 0.29) is 22.6 Å². The number of hydrogen-bond donors (Lipinski definition) is 0. The second-order valence-corrected chi connectivity index (χ2v) is 6.48. The number of halogens is 2. The van der Waals surface area contributed by atoms with Gasteiger partial charge in [0.1, 0.15) is 11.6 Å². The van der Waals surface area contributed by atoms with Crippen LogP contribution < -0.4 is 0 Å². The van der Waals surface area contributed by atoms with Crippen LogP contribution in [0.5, 0.6) is 0 Å². The van der Waals surface area contributed by atoms with Crippen molar-refractivity contribution in [2.75, 3.05) is 5.75 Å². The SMILES string of the molecule is CC(C)N(Cc1ccccc1)C(=O)CSc1ccc(F)cc1F. The number of thioether (sulfide) groups is 1. The van der Waals surface area contributed by atoms with Crippen LogP contribution in [0.1, 0.15) is 19.4 Å². The van der Waals surface area contributed by atoms with Crippen LogP contribution >= 0.6 is 11.8 Å². The smallest absolute Gasteiger partial charge is 0.233 e. The van der Waals surface area contributed by atoms with Crippen molar-refractivity contribution >= 4 is 17.7 Å². The predicted molar refractivity (Wildman–Crippen MR) is 89.2 cm³/mol. The molecule has 2 aromatic carbocycles. The van der Waals surface area contributed by atoms with E-state index in [1.165, 1.54) is 12.1 Å². The van der Waals surface area contributed by atoms with E-state index in [0.717, 1.165) is 23.4 Å². The minimum Gasteiger partial charge on any atom is -0.335 e. The van der Waals surface area contributed by atoms with E-state index in [1.807, 2.05) is 44.2 Å². The van der Waals surface area contributed by atoms with E-state index < -0.39 is 11.6 Å². The van der Waals surface area contributed by atoms with Crippen LogP contribution in [-0.2, 0) is 11.3 Å². The number of hydrogen-bond acceptors (Lipinski definition) is 2. The van der Waals surface area contributed by atoms with Crippen LogP contribution in [0.4, 0.5) is 8.78 Å². The number of nitrogens with zero attached hydrogens (tertiary/aromatic N) is 1. The summed E-state index contributed by atoms with van der Waals surface area (Å²) in [5, 5.41) is 0. The van der Waals surface area contributed by atoms with Crippen molar-refractivity contribution in [3.8, 4) is 0 Å². The summed E-state index contributed by atoms with van der Waals surface area (Å²) >= 11 is 1.09. The molecule has 0 aromatic heterocycles. The molecule has 0 spiro atoms. The summed E-state index contributed by atoms with van der Waals surface area (Å²) in [7, 11) is 0. The number of amides is 1. The monoisotopic (exact) mass is 335 g/mol. The van der Waals surface area contributed by atoms with Gasteiger partial charge < -0.3 is 4.90 Å². The lowest BCUT2D eigenvalue weighted by molar-refractivity contribution is -0.130. The van der Waals surface area contributed by atoms with Gasteiger partial charge in [-0.15, -0.1) is 11.8 Å². The lowest BCUT2D eigenvalue weighted by Gasteiger charge is -2.27. The molecule has 0 aliphatic carbocycles. The molecule has 0 aliphatic heterocycles. The van der Waals surface area contributed by atoms with E-state index in [9.17, 15) is 13.6 Å². The van der Waals surface area contributed by atoms with Gasteiger partial charge in [-0.1, -0.05) is 30.3 Å². The topological polar surface area (TPSA) is 20.3 Å². The molecule has 0 N–H and O–H groups in total. The Kier molecular flexibility index (Phi) is 6.16. The van der Waals surface area contributed by atoms with Gasteiger partial charge in [0.05, 0.1) is 5.75 Å². The molecule has 1 amide bonds. The molecule has 0 unspecified atom stereocenters. The van der Waals surface area contributed by atoms with Crippen LogP contribution in [0.3, 0.4) is 0 Å². The van der Waals surface area contributed by atoms with Crippen LogP contribution in [0, 0.1) is 11.6 Å². The minimum absolute atomic E-state index is 0.0429. The average molecular weight is 335 g/mol. The first-order chi connectivity index (χ1) is 11.0. The van der Waals surface area contributed by atoms with Gasteiger partial charge in [-0.2, -0.15) is 0 Å². The Labute approximate surface area is 139 Å². The Hall–Kier alpha value is -1.88. The zero-order valence-electron chi connectivity index (χ0n) is 13.1. The molecule has 122 valence electrons. The van der Waals surface area contributed by atoms with Gasteiger partial charge in [0.15, 0.2) is 0 Å². The summed E-state index contributed by atoms with van der Waals surface area (Å²) in [5.41, 5.74) is 1.05. The zero-order valence-corrected chi connectivity index (χ0v) is 13.9. The Morgan fingerprint density at radius 2 is 1.83 bits per heavy atom. The quantitative estimate of drug-likeness (QED) is 0.725. The van der Waals surface area contributed by atoms with Crippen LogP contribution in [-0.4, -0.2) is 22.6 Å². The largest absolute Gasteiger partial charge is 0.335 e. The lowest BCUT2D eigenvalue weighted by atomic mass is 10.2. The van der Waals surface area contributed by atoms with E-state index in [2.05, 4.69) is 0 Å². The van der Waals surface area contributed by atoms with Crippen molar-refractivity contribution in [1.82, 2.24) is 4.90 Å². The number of benzene rings is 2. The highest BCUT2D eigenvalue weighted by Gasteiger charge is 2.18. The molecule has 2 rings (SSSR count). The standard InChI is InChI=1S/C18H19F2NOS/c1-13(2)21(11-14-6-4-3-5-7-14)18(22)12-23-17-9-8-15(19)10-16(17)20/h3-10,13H,11-12H2,1-2H3. The van der Waals surface area contributed by atoms with Gasteiger partial charge in [0.2, 0.25) is 5.91 Å². The first kappa shape index (κ1) is 17.5. The molecule has 2 nitrogen and oxygen atoms in total. The maximum absolute atomic E-state index is 13.6. The summed E-state index contributed by atoms with van der Waals surface area (Å²) in [6, 6.07) is 13.2. The van der Waals surface area contributed by atoms with Crippen LogP contribution in [0.2, 0.25) is 0 Å². The molecule has 23 heavy (non-hydrogen) atoms. The summed E-state index contributed by atoms with van der Waals surface area (Å²) in [4.78, 5) is 14.5. The maximum atomic E-state index is 13.6. The second-order valence-electron chi connectivity index (χ2n) is 5.46. The fourth-order valence-electron chi connectivity index (χ4n) is 2.15. The molecule has 5 heteroatoms. The Balaban J connectivity index is 2.01. The summed E-state index contributed by atoms with van der Waals surface area (Å²) < 4.78 is 26.5. The van der Waals surface area contributed by atoms with Gasteiger partial charge in [-0.05, 0) is 31.5 Å². The molecular weight excluding hydrogens is 316 g/mol. The molecule has 0 saturated carbocycles. The number of rotatable bonds is 6. The second kappa shape index (κ2) is 8.11.